The molecule has 0 aliphatic carbocycles. The molecule has 0 aliphatic rings. The molecule has 14 heavy (non-hydrogen) atoms. The molecule has 2 heterocycles. The summed E-state index contributed by atoms with van der Waals surface area (Å²) in [5.74, 6) is 0. The molecule has 0 spiro atoms. The molecule has 0 atom stereocenters. The highest BCUT2D eigenvalue weighted by Crippen LogP contribution is 2.29. The SMILES string of the molecule is Cc1coc2cc3c(C)coc3cc12. The Kier molecular flexibility index (Phi) is 1.32. The number of furan rings is 2. The molecule has 0 N–H and O–H groups in total. The Morgan fingerprint density at radius 1 is 0.786 bits per heavy atom. The summed E-state index contributed by atoms with van der Waals surface area (Å²) in [4.78, 5) is 0. The lowest BCUT2D eigenvalue weighted by Gasteiger charge is -1.91. The molecule has 0 radical (unpaired) electrons. The smallest absolute Gasteiger partial charge is 0.135 e. The average Bonchev–Trinajstić information content (AvgIpc) is 2.71. The minimum absolute atomic E-state index is 0.930. The van der Waals surface area contributed by atoms with Gasteiger partial charge in [-0.1, -0.05) is 0 Å². The zero-order valence-electron chi connectivity index (χ0n) is 8.13. The summed E-state index contributed by atoms with van der Waals surface area (Å²) < 4.78 is 10.9. The predicted molar refractivity (Wildman–Crippen MR) is 55.5 cm³/mol. The molecule has 2 nitrogen and oxygen atoms in total. The van der Waals surface area contributed by atoms with E-state index in [9.17, 15) is 0 Å². The fraction of sp³-hybridized carbons (Fsp3) is 0.167. The van der Waals surface area contributed by atoms with Gasteiger partial charge in [0.25, 0.3) is 0 Å². The minimum Gasteiger partial charge on any atom is -0.464 e. The molecule has 3 rings (SSSR count). The van der Waals surface area contributed by atoms with E-state index in [1.54, 1.807) is 12.5 Å². The molecule has 70 valence electrons. The van der Waals surface area contributed by atoms with Gasteiger partial charge in [0.05, 0.1) is 12.5 Å². The van der Waals surface area contributed by atoms with Crippen molar-refractivity contribution in [3.05, 3.63) is 35.8 Å². The summed E-state index contributed by atoms with van der Waals surface area (Å²) in [7, 11) is 0. The topological polar surface area (TPSA) is 26.3 Å². The first-order valence-electron chi connectivity index (χ1n) is 4.61. The first-order chi connectivity index (χ1) is 6.75. The van der Waals surface area contributed by atoms with E-state index in [1.165, 1.54) is 0 Å². The molecule has 2 aromatic heterocycles. The molecule has 0 bridgehead atoms. The Balaban J connectivity index is 2.56. The summed E-state index contributed by atoms with van der Waals surface area (Å²) in [6, 6.07) is 4.08. The second-order valence-corrected chi connectivity index (χ2v) is 3.68. The van der Waals surface area contributed by atoms with Gasteiger partial charge in [-0.25, -0.2) is 0 Å². The van der Waals surface area contributed by atoms with Gasteiger partial charge in [-0.05, 0) is 37.1 Å². The summed E-state index contributed by atoms with van der Waals surface area (Å²) in [5.41, 5.74) is 4.16. The molecule has 1 aromatic carbocycles. The fourth-order valence-electron chi connectivity index (χ4n) is 1.80. The Labute approximate surface area is 81.1 Å². The van der Waals surface area contributed by atoms with Gasteiger partial charge in [0.15, 0.2) is 0 Å². The van der Waals surface area contributed by atoms with Crippen molar-refractivity contribution >= 4 is 21.9 Å². The summed E-state index contributed by atoms with van der Waals surface area (Å²) in [5, 5.41) is 2.26. The van der Waals surface area contributed by atoms with Gasteiger partial charge in [0.2, 0.25) is 0 Å². The first-order valence-corrected chi connectivity index (χ1v) is 4.61. The molecular weight excluding hydrogens is 176 g/mol. The fourth-order valence-corrected chi connectivity index (χ4v) is 1.80. The quantitative estimate of drug-likeness (QED) is 0.533. The number of hydrogen-bond donors (Lipinski definition) is 0. The van der Waals surface area contributed by atoms with Crippen LogP contribution in [0.25, 0.3) is 21.9 Å². The molecule has 2 heteroatoms. The largest absolute Gasteiger partial charge is 0.464 e. The number of aryl methyl sites for hydroxylation is 2. The third-order valence-electron chi connectivity index (χ3n) is 2.66. The van der Waals surface area contributed by atoms with Crippen LogP contribution < -0.4 is 0 Å². The van der Waals surface area contributed by atoms with E-state index in [0.717, 1.165) is 33.1 Å². The van der Waals surface area contributed by atoms with Crippen LogP contribution in [0.15, 0.2) is 33.5 Å². The third-order valence-corrected chi connectivity index (χ3v) is 2.66. The Bertz CT molecular complexity index is 557. The van der Waals surface area contributed by atoms with Crippen LogP contribution in [-0.2, 0) is 0 Å². The van der Waals surface area contributed by atoms with E-state index >= 15 is 0 Å². The van der Waals surface area contributed by atoms with Crippen LogP contribution in [0.1, 0.15) is 11.1 Å². The van der Waals surface area contributed by atoms with E-state index in [4.69, 9.17) is 8.83 Å². The highest BCUT2D eigenvalue weighted by Gasteiger charge is 2.07. The van der Waals surface area contributed by atoms with Gasteiger partial charge < -0.3 is 8.83 Å². The number of fused-ring (bicyclic) bond motifs is 2. The van der Waals surface area contributed by atoms with Crippen molar-refractivity contribution in [2.24, 2.45) is 0 Å². The van der Waals surface area contributed by atoms with E-state index in [1.807, 2.05) is 26.0 Å². The van der Waals surface area contributed by atoms with Crippen molar-refractivity contribution in [2.45, 2.75) is 13.8 Å². The maximum Gasteiger partial charge on any atom is 0.135 e. The summed E-state index contributed by atoms with van der Waals surface area (Å²) in [6.07, 6.45) is 3.55. The van der Waals surface area contributed by atoms with E-state index in [0.29, 0.717) is 0 Å². The molecule has 0 saturated heterocycles. The lowest BCUT2D eigenvalue weighted by molar-refractivity contribution is 0.610. The zero-order valence-corrected chi connectivity index (χ0v) is 8.13. The van der Waals surface area contributed by atoms with Gasteiger partial charge in [0, 0.05) is 10.8 Å². The van der Waals surface area contributed by atoms with Crippen LogP contribution in [0.3, 0.4) is 0 Å². The Morgan fingerprint density at radius 2 is 1.21 bits per heavy atom. The molecule has 0 amide bonds. The summed E-state index contributed by atoms with van der Waals surface area (Å²) in [6.45, 7) is 4.07. The van der Waals surface area contributed by atoms with Crippen LogP contribution in [0.5, 0.6) is 0 Å². The molecule has 0 fully saturated rings. The molecule has 3 aromatic rings. The normalized spacial score (nSPS) is 11.6. The third kappa shape index (κ3) is 0.854. The number of benzene rings is 1. The van der Waals surface area contributed by atoms with E-state index in [-0.39, 0.29) is 0 Å². The van der Waals surface area contributed by atoms with Crippen LogP contribution in [-0.4, -0.2) is 0 Å². The minimum atomic E-state index is 0.930. The zero-order chi connectivity index (χ0) is 9.71. The van der Waals surface area contributed by atoms with Crippen LogP contribution >= 0.6 is 0 Å². The Morgan fingerprint density at radius 3 is 1.64 bits per heavy atom. The van der Waals surface area contributed by atoms with Gasteiger partial charge in [0.1, 0.15) is 11.2 Å². The number of hydrogen-bond acceptors (Lipinski definition) is 2. The highest BCUT2D eigenvalue weighted by atomic mass is 16.3. The second kappa shape index (κ2) is 2.41. The second-order valence-electron chi connectivity index (χ2n) is 3.68. The van der Waals surface area contributed by atoms with Crippen LogP contribution in [0, 0.1) is 13.8 Å². The van der Waals surface area contributed by atoms with E-state index in [2.05, 4.69) is 0 Å². The molecule has 0 unspecified atom stereocenters. The molecule has 0 saturated carbocycles. The number of rotatable bonds is 0. The van der Waals surface area contributed by atoms with Crippen molar-refractivity contribution in [3.8, 4) is 0 Å². The lowest BCUT2D eigenvalue weighted by atomic mass is 10.1. The van der Waals surface area contributed by atoms with Crippen molar-refractivity contribution < 1.29 is 8.83 Å². The van der Waals surface area contributed by atoms with Crippen molar-refractivity contribution in [1.29, 1.82) is 0 Å². The predicted octanol–water partition coefficient (Wildman–Crippen LogP) is 3.80. The van der Waals surface area contributed by atoms with E-state index < -0.39 is 0 Å². The van der Waals surface area contributed by atoms with Gasteiger partial charge >= 0.3 is 0 Å². The van der Waals surface area contributed by atoms with Crippen LogP contribution in [0.2, 0.25) is 0 Å². The molecule has 0 aliphatic heterocycles. The lowest BCUT2D eigenvalue weighted by Crippen LogP contribution is -1.70. The van der Waals surface area contributed by atoms with Gasteiger partial charge in [-0.3, -0.25) is 0 Å². The van der Waals surface area contributed by atoms with Crippen molar-refractivity contribution in [1.82, 2.24) is 0 Å². The summed E-state index contributed by atoms with van der Waals surface area (Å²) >= 11 is 0. The monoisotopic (exact) mass is 186 g/mol. The maximum absolute atomic E-state index is 5.44. The van der Waals surface area contributed by atoms with Crippen molar-refractivity contribution in [2.75, 3.05) is 0 Å². The van der Waals surface area contributed by atoms with Crippen molar-refractivity contribution in [3.63, 3.8) is 0 Å². The van der Waals surface area contributed by atoms with Gasteiger partial charge in [-0.2, -0.15) is 0 Å². The first kappa shape index (κ1) is 7.68. The Hall–Kier alpha value is -1.70. The average molecular weight is 186 g/mol. The van der Waals surface area contributed by atoms with Crippen LogP contribution in [0.4, 0.5) is 0 Å². The molecular formula is C12H10O2. The highest BCUT2D eigenvalue weighted by molar-refractivity contribution is 5.96. The van der Waals surface area contributed by atoms with Gasteiger partial charge in [-0.15, -0.1) is 0 Å². The standard InChI is InChI=1S/C12H10O2/c1-7-5-13-11-4-10-8(2)6-14-12(10)3-9(7)11/h3-6H,1-2H3. The maximum atomic E-state index is 5.44.